The summed E-state index contributed by atoms with van der Waals surface area (Å²) >= 11 is 1.72. The summed E-state index contributed by atoms with van der Waals surface area (Å²) in [6.45, 7) is 7.26. The summed E-state index contributed by atoms with van der Waals surface area (Å²) in [6.07, 6.45) is 1.65. The van der Waals surface area contributed by atoms with Crippen molar-refractivity contribution in [3.05, 3.63) is 52.7 Å². The van der Waals surface area contributed by atoms with Gasteiger partial charge in [0.1, 0.15) is 17.0 Å². The molecule has 0 saturated carbocycles. The maximum Gasteiger partial charge on any atom is 0.253 e. The maximum absolute atomic E-state index is 12.6. The van der Waals surface area contributed by atoms with Crippen LogP contribution in [0.15, 0.2) is 36.7 Å². The molecule has 128 valence electrons. The molecule has 1 fully saturated rings. The largest absolute Gasteiger partial charge is 0.352 e. The van der Waals surface area contributed by atoms with Crippen molar-refractivity contribution < 1.29 is 4.79 Å². The van der Waals surface area contributed by atoms with Crippen LogP contribution in [0.5, 0.6) is 0 Å². The standard InChI is InChI=1S/C19H20N4OS/c1-13-14(2)25-18-16(13)17(20-12-21-18)22-8-10-23(11-9-22)19(24)15-6-4-3-5-7-15/h3-7,12H,8-11H2,1-2H3. The van der Waals surface area contributed by atoms with Gasteiger partial charge < -0.3 is 9.80 Å². The Kier molecular flexibility index (Phi) is 4.13. The Morgan fingerprint density at radius 1 is 1.04 bits per heavy atom. The molecule has 0 N–H and O–H groups in total. The Bertz CT molecular complexity index is 914. The van der Waals surface area contributed by atoms with Gasteiger partial charge in [0.05, 0.1) is 5.39 Å². The number of thiophene rings is 1. The highest BCUT2D eigenvalue weighted by Gasteiger charge is 2.25. The first-order valence-electron chi connectivity index (χ1n) is 8.45. The second-order valence-corrected chi connectivity index (χ2v) is 7.51. The quantitative estimate of drug-likeness (QED) is 0.710. The van der Waals surface area contributed by atoms with Gasteiger partial charge in [0.25, 0.3) is 5.91 Å². The highest BCUT2D eigenvalue weighted by atomic mass is 32.1. The average Bonchev–Trinajstić information content (AvgIpc) is 2.96. The number of benzene rings is 1. The summed E-state index contributed by atoms with van der Waals surface area (Å²) in [4.78, 5) is 28.1. The first kappa shape index (κ1) is 16.0. The van der Waals surface area contributed by atoms with Gasteiger partial charge in [-0.15, -0.1) is 11.3 Å². The molecule has 6 heteroatoms. The van der Waals surface area contributed by atoms with E-state index >= 15 is 0 Å². The molecule has 2 aromatic heterocycles. The number of carbonyl (C=O) groups excluding carboxylic acids is 1. The molecule has 0 bridgehead atoms. The van der Waals surface area contributed by atoms with E-state index in [9.17, 15) is 4.79 Å². The Morgan fingerprint density at radius 3 is 2.48 bits per heavy atom. The molecular formula is C19H20N4OS. The molecule has 0 aliphatic carbocycles. The van der Waals surface area contributed by atoms with Crippen molar-refractivity contribution in [2.75, 3.05) is 31.1 Å². The fraction of sp³-hybridized carbons (Fsp3) is 0.316. The zero-order valence-electron chi connectivity index (χ0n) is 14.4. The molecule has 0 unspecified atom stereocenters. The molecule has 5 nitrogen and oxygen atoms in total. The van der Waals surface area contributed by atoms with Crippen LogP contribution < -0.4 is 4.90 Å². The van der Waals surface area contributed by atoms with E-state index in [1.807, 2.05) is 35.2 Å². The van der Waals surface area contributed by atoms with Crippen LogP contribution in [0, 0.1) is 13.8 Å². The van der Waals surface area contributed by atoms with E-state index < -0.39 is 0 Å². The number of fused-ring (bicyclic) bond motifs is 1. The van der Waals surface area contributed by atoms with Crippen LogP contribution in [0.1, 0.15) is 20.8 Å². The fourth-order valence-corrected chi connectivity index (χ4v) is 4.28. The van der Waals surface area contributed by atoms with Gasteiger partial charge in [0, 0.05) is 36.6 Å². The molecule has 25 heavy (non-hydrogen) atoms. The average molecular weight is 352 g/mol. The second kappa shape index (κ2) is 6.44. The number of rotatable bonds is 2. The number of aryl methyl sites for hydroxylation is 2. The van der Waals surface area contributed by atoms with Crippen LogP contribution in [0.25, 0.3) is 10.2 Å². The molecule has 3 aromatic rings. The van der Waals surface area contributed by atoms with E-state index in [0.29, 0.717) is 13.1 Å². The van der Waals surface area contributed by atoms with Crippen LogP contribution in [0.3, 0.4) is 0 Å². The van der Waals surface area contributed by atoms with Gasteiger partial charge in [-0.2, -0.15) is 0 Å². The predicted molar refractivity (Wildman–Crippen MR) is 101 cm³/mol. The molecule has 0 radical (unpaired) electrons. The Balaban J connectivity index is 1.54. The van der Waals surface area contributed by atoms with Crippen molar-refractivity contribution in [2.24, 2.45) is 0 Å². The SMILES string of the molecule is Cc1sc2ncnc(N3CCN(C(=O)c4ccccc4)CC3)c2c1C. The molecule has 1 amide bonds. The third-order valence-corrected chi connectivity index (χ3v) is 5.95. The number of aromatic nitrogens is 2. The van der Waals surface area contributed by atoms with E-state index in [0.717, 1.165) is 34.7 Å². The van der Waals surface area contributed by atoms with E-state index in [-0.39, 0.29) is 5.91 Å². The molecule has 1 saturated heterocycles. The summed E-state index contributed by atoms with van der Waals surface area (Å²) in [6, 6.07) is 9.49. The lowest BCUT2D eigenvalue weighted by Gasteiger charge is -2.35. The third-order valence-electron chi connectivity index (χ3n) is 4.83. The van der Waals surface area contributed by atoms with Crippen molar-refractivity contribution in [3.8, 4) is 0 Å². The summed E-state index contributed by atoms with van der Waals surface area (Å²) in [5.41, 5.74) is 2.02. The molecule has 1 aliphatic rings. The lowest BCUT2D eigenvalue weighted by molar-refractivity contribution is 0.0746. The van der Waals surface area contributed by atoms with Crippen LogP contribution >= 0.6 is 11.3 Å². The van der Waals surface area contributed by atoms with Gasteiger partial charge in [-0.3, -0.25) is 4.79 Å². The minimum absolute atomic E-state index is 0.107. The van der Waals surface area contributed by atoms with Gasteiger partial charge >= 0.3 is 0 Å². The molecule has 4 rings (SSSR count). The fourth-order valence-electron chi connectivity index (χ4n) is 3.29. The zero-order chi connectivity index (χ0) is 17.4. The van der Waals surface area contributed by atoms with Gasteiger partial charge in [0.15, 0.2) is 0 Å². The van der Waals surface area contributed by atoms with Crippen molar-refractivity contribution in [3.63, 3.8) is 0 Å². The van der Waals surface area contributed by atoms with Gasteiger partial charge in [0.2, 0.25) is 0 Å². The highest BCUT2D eigenvalue weighted by Crippen LogP contribution is 2.34. The minimum atomic E-state index is 0.107. The van der Waals surface area contributed by atoms with Crippen molar-refractivity contribution in [1.29, 1.82) is 0 Å². The number of hydrogen-bond donors (Lipinski definition) is 0. The lowest BCUT2D eigenvalue weighted by atomic mass is 10.1. The topological polar surface area (TPSA) is 49.3 Å². The molecular weight excluding hydrogens is 332 g/mol. The van der Waals surface area contributed by atoms with Gasteiger partial charge in [-0.1, -0.05) is 18.2 Å². The number of nitrogens with zero attached hydrogens (tertiary/aromatic N) is 4. The smallest absolute Gasteiger partial charge is 0.253 e. The van der Waals surface area contributed by atoms with E-state index in [1.54, 1.807) is 17.7 Å². The number of hydrogen-bond acceptors (Lipinski definition) is 5. The predicted octanol–water partition coefficient (Wildman–Crippen LogP) is 3.27. The summed E-state index contributed by atoms with van der Waals surface area (Å²) in [5, 5.41) is 1.16. The van der Waals surface area contributed by atoms with Crippen molar-refractivity contribution >= 4 is 33.3 Å². The minimum Gasteiger partial charge on any atom is -0.352 e. The third kappa shape index (κ3) is 2.87. The van der Waals surface area contributed by atoms with Gasteiger partial charge in [-0.25, -0.2) is 9.97 Å². The second-order valence-electron chi connectivity index (χ2n) is 6.31. The van der Waals surface area contributed by atoms with E-state index in [1.165, 1.54) is 10.4 Å². The summed E-state index contributed by atoms with van der Waals surface area (Å²) < 4.78 is 0. The van der Waals surface area contributed by atoms with Crippen molar-refractivity contribution in [1.82, 2.24) is 14.9 Å². The Hall–Kier alpha value is -2.47. The van der Waals surface area contributed by atoms with Crippen LogP contribution in [0.4, 0.5) is 5.82 Å². The molecule has 1 aromatic carbocycles. The summed E-state index contributed by atoms with van der Waals surface area (Å²) in [5.74, 6) is 1.11. The molecule has 3 heterocycles. The lowest BCUT2D eigenvalue weighted by Crippen LogP contribution is -2.49. The number of anilines is 1. The normalized spacial score (nSPS) is 15.0. The first-order valence-corrected chi connectivity index (χ1v) is 9.27. The van der Waals surface area contributed by atoms with Crippen LogP contribution in [-0.2, 0) is 0 Å². The highest BCUT2D eigenvalue weighted by molar-refractivity contribution is 7.18. The van der Waals surface area contributed by atoms with Crippen LogP contribution in [0.2, 0.25) is 0 Å². The first-order chi connectivity index (χ1) is 12.1. The Morgan fingerprint density at radius 2 is 1.76 bits per heavy atom. The number of amides is 1. The number of piperazine rings is 1. The Labute approximate surface area is 150 Å². The molecule has 0 spiro atoms. The van der Waals surface area contributed by atoms with Gasteiger partial charge in [-0.05, 0) is 31.5 Å². The van der Waals surface area contributed by atoms with E-state index in [4.69, 9.17) is 0 Å². The monoisotopic (exact) mass is 352 g/mol. The summed E-state index contributed by atoms with van der Waals surface area (Å²) in [7, 11) is 0. The number of carbonyl (C=O) groups is 1. The van der Waals surface area contributed by atoms with Crippen molar-refractivity contribution in [2.45, 2.75) is 13.8 Å². The van der Waals surface area contributed by atoms with E-state index in [2.05, 4.69) is 28.7 Å². The molecule has 0 atom stereocenters. The molecule has 1 aliphatic heterocycles. The maximum atomic E-state index is 12.6. The van der Waals surface area contributed by atoms with Crippen LogP contribution in [-0.4, -0.2) is 47.0 Å². The zero-order valence-corrected chi connectivity index (χ0v) is 15.2.